The number of carbonyl (C=O) groups is 4. The van der Waals surface area contributed by atoms with Crippen LogP contribution in [-0.4, -0.2) is 51.7 Å². The van der Waals surface area contributed by atoms with Gasteiger partial charge < -0.3 is 15.5 Å². The van der Waals surface area contributed by atoms with Gasteiger partial charge >= 0.3 is 6.03 Å². The second-order valence-corrected chi connectivity index (χ2v) is 9.70. The molecule has 5 amide bonds. The van der Waals surface area contributed by atoms with E-state index in [0.29, 0.717) is 28.5 Å². The summed E-state index contributed by atoms with van der Waals surface area (Å²) >= 11 is 6.14. The summed E-state index contributed by atoms with van der Waals surface area (Å²) in [6.45, 7) is 3.28. The molecule has 10 nitrogen and oxygen atoms in total. The first-order valence-electron chi connectivity index (χ1n) is 12.5. The number of aromatic nitrogens is 2. The Hall–Kier alpha value is -4.31. The Bertz CT molecular complexity index is 1390. The van der Waals surface area contributed by atoms with Crippen LogP contribution in [0.2, 0.25) is 5.02 Å². The van der Waals surface area contributed by atoms with Crippen molar-refractivity contribution in [2.24, 2.45) is 5.92 Å². The van der Waals surface area contributed by atoms with E-state index in [-0.39, 0.29) is 12.3 Å². The zero-order valence-corrected chi connectivity index (χ0v) is 22.6. The number of pyridine rings is 2. The van der Waals surface area contributed by atoms with Crippen LogP contribution in [0.5, 0.6) is 0 Å². The van der Waals surface area contributed by atoms with Crippen molar-refractivity contribution in [2.75, 3.05) is 17.3 Å². The predicted octanol–water partition coefficient (Wildman–Crippen LogP) is 3.98. The number of rotatable bonds is 8. The quantitative estimate of drug-likeness (QED) is 0.410. The molecule has 3 aromatic rings. The maximum atomic E-state index is 13.7. The van der Waals surface area contributed by atoms with Crippen molar-refractivity contribution in [3.05, 3.63) is 83.3 Å². The van der Waals surface area contributed by atoms with Crippen molar-refractivity contribution in [3.63, 3.8) is 0 Å². The van der Waals surface area contributed by atoms with Gasteiger partial charge in [0.15, 0.2) is 0 Å². The van der Waals surface area contributed by atoms with Crippen molar-refractivity contribution < 1.29 is 19.2 Å². The van der Waals surface area contributed by atoms with Crippen LogP contribution in [-0.2, 0) is 20.8 Å². The number of anilines is 2. The lowest BCUT2D eigenvalue weighted by Gasteiger charge is -2.46. The van der Waals surface area contributed by atoms with Crippen LogP contribution >= 0.6 is 11.6 Å². The third kappa shape index (κ3) is 6.23. The van der Waals surface area contributed by atoms with Crippen LogP contribution in [0, 0.1) is 5.92 Å². The summed E-state index contributed by atoms with van der Waals surface area (Å²) in [6, 6.07) is 11.7. The molecule has 1 saturated heterocycles. The van der Waals surface area contributed by atoms with Crippen LogP contribution in [0.4, 0.5) is 16.3 Å². The minimum Gasteiger partial charge on any atom is -0.331 e. The second kappa shape index (κ2) is 12.0. The summed E-state index contributed by atoms with van der Waals surface area (Å²) in [5.41, 5.74) is 2.07. The molecule has 0 spiro atoms. The molecule has 11 heteroatoms. The van der Waals surface area contributed by atoms with Gasteiger partial charge in [-0.15, -0.1) is 0 Å². The fourth-order valence-corrected chi connectivity index (χ4v) is 4.82. The molecule has 39 heavy (non-hydrogen) atoms. The average Bonchev–Trinajstić information content (AvgIpc) is 2.92. The summed E-state index contributed by atoms with van der Waals surface area (Å²) in [6.07, 6.45) is 5.37. The first-order valence-corrected chi connectivity index (χ1v) is 12.9. The van der Waals surface area contributed by atoms with Crippen molar-refractivity contribution in [2.45, 2.75) is 38.8 Å². The van der Waals surface area contributed by atoms with E-state index in [9.17, 15) is 19.2 Å². The first kappa shape index (κ1) is 27.7. The van der Waals surface area contributed by atoms with E-state index in [2.05, 4.69) is 20.6 Å². The van der Waals surface area contributed by atoms with Gasteiger partial charge in [0, 0.05) is 43.3 Å². The van der Waals surface area contributed by atoms with Crippen LogP contribution in [0.25, 0.3) is 0 Å². The number of likely N-dealkylation sites (tertiary alicyclic amines) is 1. The number of likely N-dealkylation sites (N-methyl/N-ethyl adjacent to an activating group) is 1. The fourth-order valence-electron chi connectivity index (χ4n) is 4.62. The number of carbonyl (C=O) groups excluding carboxylic acids is 4. The molecule has 1 aromatic carbocycles. The third-order valence-electron chi connectivity index (χ3n) is 6.61. The van der Waals surface area contributed by atoms with Crippen LogP contribution < -0.4 is 15.5 Å². The number of β-lactam (4-membered cyclic amide) rings is 1. The Balaban J connectivity index is 1.60. The van der Waals surface area contributed by atoms with E-state index in [1.54, 1.807) is 61.9 Å². The highest BCUT2D eigenvalue weighted by Gasteiger charge is 2.55. The smallest absolute Gasteiger partial charge is 0.325 e. The number of benzene rings is 1. The monoisotopic (exact) mass is 548 g/mol. The van der Waals surface area contributed by atoms with Gasteiger partial charge in [0.25, 0.3) is 5.91 Å². The number of imide groups is 1. The number of hydrogen-bond donors (Lipinski definition) is 2. The van der Waals surface area contributed by atoms with Crippen LogP contribution in [0.15, 0.2) is 67.1 Å². The lowest BCUT2D eigenvalue weighted by Crippen LogP contribution is -2.70. The molecular weight excluding hydrogens is 520 g/mol. The van der Waals surface area contributed by atoms with E-state index >= 15 is 0 Å². The van der Waals surface area contributed by atoms with E-state index in [1.165, 1.54) is 18.0 Å². The minimum absolute atomic E-state index is 0.184. The lowest BCUT2D eigenvalue weighted by atomic mass is 9.81. The second-order valence-electron chi connectivity index (χ2n) is 9.26. The Kier molecular flexibility index (Phi) is 8.55. The Morgan fingerprint density at radius 3 is 2.51 bits per heavy atom. The molecule has 0 bridgehead atoms. The van der Waals surface area contributed by atoms with E-state index in [0.717, 1.165) is 10.5 Å². The molecule has 4 rings (SSSR count). The molecule has 0 aliphatic carbocycles. The summed E-state index contributed by atoms with van der Waals surface area (Å²) in [7, 11) is 1.59. The predicted molar refractivity (Wildman–Crippen MR) is 147 cm³/mol. The van der Waals surface area contributed by atoms with Gasteiger partial charge in [-0.25, -0.2) is 9.78 Å². The molecule has 0 saturated carbocycles. The molecule has 2 N–H and O–H groups in total. The van der Waals surface area contributed by atoms with E-state index in [1.807, 2.05) is 13.0 Å². The first-order chi connectivity index (χ1) is 18.7. The van der Waals surface area contributed by atoms with Gasteiger partial charge in [0.05, 0.1) is 12.0 Å². The Morgan fingerprint density at radius 2 is 1.85 bits per heavy atom. The van der Waals surface area contributed by atoms with Crippen molar-refractivity contribution >= 4 is 46.9 Å². The molecule has 2 aromatic heterocycles. The summed E-state index contributed by atoms with van der Waals surface area (Å²) in [5, 5.41) is 6.04. The number of urea groups is 1. The number of nitrogens with one attached hydrogen (secondary N) is 2. The lowest BCUT2D eigenvalue weighted by molar-refractivity contribution is -0.156. The van der Waals surface area contributed by atoms with Crippen molar-refractivity contribution in [1.82, 2.24) is 20.2 Å². The molecule has 1 fully saturated rings. The van der Waals surface area contributed by atoms with Crippen molar-refractivity contribution in [1.29, 1.82) is 0 Å². The highest BCUT2D eigenvalue weighted by molar-refractivity contribution is 6.30. The number of nitrogens with zero attached hydrogens (tertiary/aromatic N) is 4. The van der Waals surface area contributed by atoms with Gasteiger partial charge in [-0.2, -0.15) is 0 Å². The SMILES string of the molecule is CCC(NC(=O)N1C(=O)[C@H](Cc2ccnc(NC(C)=O)c2)[C@H]1C(=O)N(C)c1ccncc1)c1cccc(Cl)c1. The van der Waals surface area contributed by atoms with Gasteiger partial charge in [-0.05, 0) is 60.4 Å². The molecule has 3 heterocycles. The van der Waals surface area contributed by atoms with Crippen LogP contribution in [0.1, 0.15) is 37.4 Å². The number of halogens is 1. The molecule has 1 aliphatic rings. The third-order valence-corrected chi connectivity index (χ3v) is 6.84. The van der Waals surface area contributed by atoms with Gasteiger partial charge in [-0.1, -0.05) is 30.7 Å². The largest absolute Gasteiger partial charge is 0.331 e. The molecule has 202 valence electrons. The summed E-state index contributed by atoms with van der Waals surface area (Å²) < 4.78 is 0. The number of amides is 5. The Labute approximate surface area is 231 Å². The van der Waals surface area contributed by atoms with Gasteiger partial charge in [-0.3, -0.25) is 24.3 Å². The zero-order valence-electron chi connectivity index (χ0n) is 21.8. The highest BCUT2D eigenvalue weighted by Crippen LogP contribution is 2.33. The molecule has 3 atom stereocenters. The standard InChI is InChI=1S/C28H29ClN6O4/c1-4-23(19-6-5-7-20(29)16-19)33-28(39)35-25(27(38)34(3)21-9-11-30-12-10-21)22(26(35)37)14-18-8-13-31-24(15-18)32-17(2)36/h5-13,15-16,22-23,25H,4,14H2,1-3H3,(H,33,39)(H,31,32,36)/t22-,23?,25+/m1/s1. The number of hydrogen-bond acceptors (Lipinski definition) is 6. The molecule has 1 aliphatic heterocycles. The molecule has 1 unspecified atom stereocenters. The minimum atomic E-state index is -1.04. The maximum Gasteiger partial charge on any atom is 0.325 e. The van der Waals surface area contributed by atoms with Gasteiger partial charge in [0.2, 0.25) is 11.8 Å². The summed E-state index contributed by atoms with van der Waals surface area (Å²) in [4.78, 5) is 62.5. The molecular formula is C28H29ClN6O4. The fraction of sp³-hybridized carbons (Fsp3) is 0.286. The average molecular weight is 549 g/mol. The van der Waals surface area contributed by atoms with Crippen LogP contribution in [0.3, 0.4) is 0 Å². The topological polar surface area (TPSA) is 125 Å². The van der Waals surface area contributed by atoms with Crippen molar-refractivity contribution in [3.8, 4) is 0 Å². The summed E-state index contributed by atoms with van der Waals surface area (Å²) in [5.74, 6) is -1.60. The van der Waals surface area contributed by atoms with E-state index in [4.69, 9.17) is 11.6 Å². The Morgan fingerprint density at radius 1 is 1.10 bits per heavy atom. The zero-order chi connectivity index (χ0) is 28.1. The van der Waals surface area contributed by atoms with Gasteiger partial charge in [0.1, 0.15) is 11.9 Å². The van der Waals surface area contributed by atoms with E-state index < -0.39 is 35.8 Å². The normalized spacial score (nSPS) is 17.1. The molecule has 0 radical (unpaired) electrons. The maximum absolute atomic E-state index is 13.7. The highest BCUT2D eigenvalue weighted by atomic mass is 35.5.